The summed E-state index contributed by atoms with van der Waals surface area (Å²) in [6.07, 6.45) is 0. The maximum Gasteiger partial charge on any atom is 0.206 e. The normalized spacial score (nSPS) is 11.6. The van der Waals surface area contributed by atoms with Gasteiger partial charge in [-0.15, -0.1) is 0 Å². The molecule has 0 radical (unpaired) electrons. The van der Waals surface area contributed by atoms with Crippen LogP contribution in [-0.2, 0) is 9.84 Å². The molecule has 0 aromatic heterocycles. The van der Waals surface area contributed by atoms with Crippen LogP contribution in [0.4, 0.5) is 8.78 Å². The van der Waals surface area contributed by atoms with Crippen LogP contribution in [0.5, 0.6) is 0 Å². The molecule has 0 bridgehead atoms. The molecule has 19 heavy (non-hydrogen) atoms. The average molecular weight is 323 g/mol. The number of sulfone groups is 1. The van der Waals surface area contributed by atoms with Gasteiger partial charge in [0.2, 0.25) is 9.84 Å². The Balaban J connectivity index is 2.58. The highest BCUT2D eigenvalue weighted by Crippen LogP contribution is 2.27. The van der Waals surface area contributed by atoms with Crippen molar-refractivity contribution in [1.82, 2.24) is 0 Å². The zero-order valence-electron chi connectivity index (χ0n) is 9.20. The lowest BCUT2D eigenvalue weighted by atomic mass is 10.3. The summed E-state index contributed by atoms with van der Waals surface area (Å²) >= 11 is 11.1. The second-order valence-electron chi connectivity index (χ2n) is 3.66. The van der Waals surface area contributed by atoms with E-state index in [2.05, 4.69) is 0 Å². The largest absolute Gasteiger partial charge is 0.219 e. The topological polar surface area (TPSA) is 34.1 Å². The second-order valence-corrected chi connectivity index (χ2v) is 6.42. The second kappa shape index (κ2) is 5.07. The summed E-state index contributed by atoms with van der Waals surface area (Å²) in [6.45, 7) is 0. The van der Waals surface area contributed by atoms with Crippen LogP contribution in [-0.4, -0.2) is 8.42 Å². The van der Waals surface area contributed by atoms with E-state index in [9.17, 15) is 17.2 Å². The zero-order chi connectivity index (χ0) is 14.2. The van der Waals surface area contributed by atoms with E-state index in [-0.39, 0.29) is 19.8 Å². The zero-order valence-corrected chi connectivity index (χ0v) is 11.5. The SMILES string of the molecule is O=S(=O)(c1ccc(F)c(Cl)c1)c1ccc(F)c(Cl)c1. The Morgan fingerprint density at radius 1 is 0.789 bits per heavy atom. The van der Waals surface area contributed by atoms with Gasteiger partial charge in [0.05, 0.1) is 19.8 Å². The van der Waals surface area contributed by atoms with E-state index in [0.29, 0.717) is 0 Å². The Kier molecular flexibility index (Phi) is 3.80. The van der Waals surface area contributed by atoms with Gasteiger partial charge in [0.1, 0.15) is 11.6 Å². The molecule has 100 valence electrons. The van der Waals surface area contributed by atoms with Crippen molar-refractivity contribution in [2.75, 3.05) is 0 Å². The van der Waals surface area contributed by atoms with Crippen LogP contribution in [0, 0.1) is 11.6 Å². The van der Waals surface area contributed by atoms with Gasteiger partial charge < -0.3 is 0 Å². The third-order valence-electron chi connectivity index (χ3n) is 2.40. The molecule has 7 heteroatoms. The van der Waals surface area contributed by atoms with Crippen LogP contribution in [0.25, 0.3) is 0 Å². The minimum atomic E-state index is -3.92. The molecule has 0 N–H and O–H groups in total. The predicted molar refractivity (Wildman–Crippen MR) is 68.3 cm³/mol. The molecule has 0 heterocycles. The van der Waals surface area contributed by atoms with E-state index in [1.165, 1.54) is 0 Å². The fourth-order valence-corrected chi connectivity index (χ4v) is 3.23. The first-order valence-corrected chi connectivity index (χ1v) is 7.21. The quantitative estimate of drug-likeness (QED) is 0.780. The van der Waals surface area contributed by atoms with Crippen molar-refractivity contribution in [1.29, 1.82) is 0 Å². The van der Waals surface area contributed by atoms with Crippen LogP contribution in [0.3, 0.4) is 0 Å². The van der Waals surface area contributed by atoms with Gasteiger partial charge in [-0.05, 0) is 36.4 Å². The van der Waals surface area contributed by atoms with Gasteiger partial charge in [0.25, 0.3) is 0 Å². The van der Waals surface area contributed by atoms with Gasteiger partial charge in [0.15, 0.2) is 0 Å². The Hall–Kier alpha value is -1.17. The van der Waals surface area contributed by atoms with Crippen molar-refractivity contribution in [3.05, 3.63) is 58.1 Å². The highest BCUT2D eigenvalue weighted by molar-refractivity contribution is 7.91. The summed E-state index contributed by atoms with van der Waals surface area (Å²) in [7, 11) is -3.92. The van der Waals surface area contributed by atoms with E-state index in [1.54, 1.807) is 0 Å². The Bertz CT molecular complexity index is 688. The van der Waals surface area contributed by atoms with Crippen molar-refractivity contribution in [2.45, 2.75) is 9.79 Å². The van der Waals surface area contributed by atoms with Crippen molar-refractivity contribution < 1.29 is 17.2 Å². The third kappa shape index (κ3) is 2.73. The van der Waals surface area contributed by atoms with Crippen LogP contribution >= 0.6 is 23.2 Å². The van der Waals surface area contributed by atoms with E-state index in [0.717, 1.165) is 36.4 Å². The summed E-state index contributed by atoms with van der Waals surface area (Å²) in [6, 6.07) is 6.02. The molecule has 2 aromatic carbocycles. The minimum Gasteiger partial charge on any atom is -0.219 e. The molecule has 0 aliphatic rings. The number of hydrogen-bond acceptors (Lipinski definition) is 2. The number of hydrogen-bond donors (Lipinski definition) is 0. The molecule has 2 rings (SSSR count). The number of benzene rings is 2. The lowest BCUT2D eigenvalue weighted by Crippen LogP contribution is -2.02. The summed E-state index contributed by atoms with van der Waals surface area (Å²) < 4.78 is 50.4. The van der Waals surface area contributed by atoms with Crippen molar-refractivity contribution in [2.24, 2.45) is 0 Å². The highest BCUT2D eigenvalue weighted by atomic mass is 35.5. The minimum absolute atomic E-state index is 0.193. The van der Waals surface area contributed by atoms with E-state index in [4.69, 9.17) is 23.2 Å². The summed E-state index contributed by atoms with van der Waals surface area (Å²) in [5.41, 5.74) is 0. The van der Waals surface area contributed by atoms with Crippen LogP contribution < -0.4 is 0 Å². The van der Waals surface area contributed by atoms with E-state index < -0.39 is 21.5 Å². The number of rotatable bonds is 2. The lowest BCUT2D eigenvalue weighted by Gasteiger charge is -2.06. The molecule has 0 saturated heterocycles. The fraction of sp³-hybridized carbons (Fsp3) is 0. The van der Waals surface area contributed by atoms with Gasteiger partial charge in [-0.1, -0.05) is 23.2 Å². The van der Waals surface area contributed by atoms with Crippen molar-refractivity contribution in [3.8, 4) is 0 Å². The van der Waals surface area contributed by atoms with E-state index in [1.807, 2.05) is 0 Å². The monoisotopic (exact) mass is 322 g/mol. The molecule has 0 amide bonds. The van der Waals surface area contributed by atoms with Gasteiger partial charge in [-0.3, -0.25) is 0 Å². The highest BCUT2D eigenvalue weighted by Gasteiger charge is 2.20. The summed E-state index contributed by atoms with van der Waals surface area (Å²) in [5.74, 6) is -1.45. The van der Waals surface area contributed by atoms with Crippen LogP contribution in [0.15, 0.2) is 46.2 Å². The molecule has 0 aliphatic heterocycles. The fourth-order valence-electron chi connectivity index (χ4n) is 1.42. The molecule has 0 atom stereocenters. The average Bonchev–Trinajstić information content (AvgIpc) is 2.35. The molecule has 0 fully saturated rings. The smallest absolute Gasteiger partial charge is 0.206 e. The van der Waals surface area contributed by atoms with Gasteiger partial charge in [-0.2, -0.15) is 0 Å². The third-order valence-corrected chi connectivity index (χ3v) is 4.73. The van der Waals surface area contributed by atoms with E-state index >= 15 is 0 Å². The predicted octanol–water partition coefficient (Wildman–Crippen LogP) is 4.10. The molecular weight excluding hydrogens is 317 g/mol. The first-order valence-electron chi connectivity index (χ1n) is 4.97. The molecule has 0 saturated carbocycles. The summed E-state index contributed by atoms with van der Waals surface area (Å²) in [4.78, 5) is -0.386. The Morgan fingerprint density at radius 2 is 1.16 bits per heavy atom. The lowest BCUT2D eigenvalue weighted by molar-refractivity contribution is 0.593. The Morgan fingerprint density at radius 3 is 1.47 bits per heavy atom. The molecular formula is C12H6Cl2F2O2S. The molecule has 2 nitrogen and oxygen atoms in total. The molecule has 2 aromatic rings. The molecule has 0 spiro atoms. The maximum absolute atomic E-state index is 13.0. The maximum atomic E-state index is 13.0. The van der Waals surface area contributed by atoms with Gasteiger partial charge in [0, 0.05) is 0 Å². The van der Waals surface area contributed by atoms with Crippen molar-refractivity contribution in [3.63, 3.8) is 0 Å². The van der Waals surface area contributed by atoms with Crippen molar-refractivity contribution >= 4 is 33.0 Å². The van der Waals surface area contributed by atoms with Crippen LogP contribution in [0.1, 0.15) is 0 Å². The van der Waals surface area contributed by atoms with Crippen LogP contribution in [0.2, 0.25) is 10.0 Å². The number of halogens is 4. The van der Waals surface area contributed by atoms with Gasteiger partial charge >= 0.3 is 0 Å². The standard InChI is InChI=1S/C12H6Cl2F2O2S/c13-9-5-7(1-3-11(9)15)19(17,18)8-2-4-12(16)10(14)6-8/h1-6H. The molecule has 0 aliphatic carbocycles. The first-order chi connectivity index (χ1) is 8.82. The first kappa shape index (κ1) is 14.2. The summed E-state index contributed by atoms with van der Waals surface area (Å²) in [5, 5.41) is -0.622. The molecule has 0 unspecified atom stereocenters. The Labute approximate surface area is 118 Å². The van der Waals surface area contributed by atoms with Gasteiger partial charge in [-0.25, -0.2) is 17.2 Å².